The lowest BCUT2D eigenvalue weighted by Gasteiger charge is -2.08. The first kappa shape index (κ1) is 16.3. The first-order valence-corrected chi connectivity index (χ1v) is 7.20. The molecule has 0 radical (unpaired) electrons. The molecule has 7 heteroatoms. The van der Waals surface area contributed by atoms with Crippen molar-refractivity contribution in [2.75, 3.05) is 31.8 Å². The number of rotatable bonds is 6. The Morgan fingerprint density at radius 2 is 2.05 bits per heavy atom. The van der Waals surface area contributed by atoms with Gasteiger partial charge in [0.2, 0.25) is 0 Å². The molecule has 0 aliphatic rings. The summed E-state index contributed by atoms with van der Waals surface area (Å²) >= 11 is 1.17. The summed E-state index contributed by atoms with van der Waals surface area (Å²) in [5.74, 6) is -0.310. The molecule has 0 saturated carbocycles. The largest absolute Gasteiger partial charge is 0.465 e. The van der Waals surface area contributed by atoms with Gasteiger partial charge in [-0.15, -0.1) is 11.3 Å². The Balaban J connectivity index is 3.07. The number of nitrogens with two attached hydrogens (primary N) is 1. The summed E-state index contributed by atoms with van der Waals surface area (Å²) in [5.41, 5.74) is 6.29. The van der Waals surface area contributed by atoms with Gasteiger partial charge in [-0.25, -0.2) is 4.79 Å². The third-order valence-corrected chi connectivity index (χ3v) is 3.94. The van der Waals surface area contributed by atoms with E-state index in [4.69, 9.17) is 10.5 Å². The fourth-order valence-corrected chi connectivity index (χ4v) is 2.71. The molecule has 0 atom stereocenters. The molecule has 0 saturated heterocycles. The summed E-state index contributed by atoms with van der Waals surface area (Å²) in [4.78, 5) is 23.9. The summed E-state index contributed by atoms with van der Waals surface area (Å²) in [6.45, 7) is 4.93. The van der Waals surface area contributed by atoms with E-state index in [0.717, 1.165) is 6.42 Å². The zero-order valence-electron chi connectivity index (χ0n) is 12.2. The summed E-state index contributed by atoms with van der Waals surface area (Å²) in [5, 5.41) is 6.24. The lowest BCUT2D eigenvalue weighted by atomic mass is 10.1. The number of hydrogen-bond acceptors (Lipinski definition) is 6. The number of anilines is 2. The van der Waals surface area contributed by atoms with Crippen molar-refractivity contribution in [2.24, 2.45) is 5.92 Å². The first-order valence-electron chi connectivity index (χ1n) is 6.38. The molecule has 1 amide bonds. The third-order valence-electron chi connectivity index (χ3n) is 2.78. The Labute approximate surface area is 122 Å². The number of methoxy groups -OCH3 is 1. The second kappa shape index (κ2) is 7.14. The van der Waals surface area contributed by atoms with Crippen LogP contribution in [0.3, 0.4) is 0 Å². The van der Waals surface area contributed by atoms with E-state index in [1.807, 2.05) is 0 Å². The quantitative estimate of drug-likeness (QED) is 0.698. The fourth-order valence-electron chi connectivity index (χ4n) is 1.63. The molecule has 0 bridgehead atoms. The molecule has 20 heavy (non-hydrogen) atoms. The van der Waals surface area contributed by atoms with E-state index in [1.54, 1.807) is 0 Å². The van der Waals surface area contributed by atoms with Crippen molar-refractivity contribution >= 4 is 33.9 Å². The van der Waals surface area contributed by atoms with Gasteiger partial charge in [-0.05, 0) is 12.3 Å². The predicted molar refractivity (Wildman–Crippen MR) is 81.4 cm³/mol. The van der Waals surface area contributed by atoms with Gasteiger partial charge < -0.3 is 21.1 Å². The van der Waals surface area contributed by atoms with Gasteiger partial charge in [-0.2, -0.15) is 0 Å². The predicted octanol–water partition coefficient (Wildman–Crippen LogP) is 1.93. The average Bonchev–Trinajstić information content (AvgIpc) is 2.73. The van der Waals surface area contributed by atoms with Crippen LogP contribution in [0.4, 0.5) is 10.7 Å². The molecule has 1 rings (SSSR count). The summed E-state index contributed by atoms with van der Waals surface area (Å²) in [6, 6.07) is 0. The number of hydrogen-bond donors (Lipinski definition) is 3. The third kappa shape index (κ3) is 3.63. The summed E-state index contributed by atoms with van der Waals surface area (Å²) < 4.78 is 4.73. The highest BCUT2D eigenvalue weighted by molar-refractivity contribution is 7.19. The van der Waals surface area contributed by atoms with Gasteiger partial charge in [0.15, 0.2) is 0 Å². The average molecular weight is 299 g/mol. The highest BCUT2D eigenvalue weighted by atomic mass is 32.1. The Morgan fingerprint density at radius 3 is 2.55 bits per heavy atom. The van der Waals surface area contributed by atoms with Gasteiger partial charge in [0.25, 0.3) is 5.91 Å². The van der Waals surface area contributed by atoms with E-state index in [1.165, 1.54) is 25.5 Å². The number of ether oxygens (including phenoxy) is 1. The molecule has 0 fully saturated rings. The zero-order chi connectivity index (χ0) is 15.3. The van der Waals surface area contributed by atoms with Crippen LogP contribution >= 0.6 is 11.3 Å². The van der Waals surface area contributed by atoms with E-state index in [0.29, 0.717) is 22.3 Å². The van der Waals surface area contributed by atoms with Gasteiger partial charge in [0.1, 0.15) is 15.4 Å². The van der Waals surface area contributed by atoms with Crippen molar-refractivity contribution in [3.63, 3.8) is 0 Å². The van der Waals surface area contributed by atoms with Gasteiger partial charge in [0.05, 0.1) is 12.8 Å². The van der Waals surface area contributed by atoms with Crippen LogP contribution in [0.15, 0.2) is 0 Å². The van der Waals surface area contributed by atoms with E-state index in [2.05, 4.69) is 24.5 Å². The van der Waals surface area contributed by atoms with E-state index >= 15 is 0 Å². The summed E-state index contributed by atoms with van der Waals surface area (Å²) in [6.07, 6.45) is 0.952. The van der Waals surface area contributed by atoms with Crippen LogP contribution in [0.5, 0.6) is 0 Å². The number of nitrogens with one attached hydrogen (secondary N) is 2. The topological polar surface area (TPSA) is 93.5 Å². The molecule has 1 aromatic rings. The number of esters is 1. The van der Waals surface area contributed by atoms with Crippen LogP contribution < -0.4 is 16.4 Å². The maximum atomic E-state index is 11.8. The maximum Gasteiger partial charge on any atom is 0.343 e. The number of carbonyl (C=O) groups is 2. The van der Waals surface area contributed by atoms with Crippen molar-refractivity contribution in [3.05, 3.63) is 10.4 Å². The summed E-state index contributed by atoms with van der Waals surface area (Å²) in [7, 11) is 2.81. The van der Waals surface area contributed by atoms with Crippen molar-refractivity contribution in [1.29, 1.82) is 0 Å². The molecule has 6 nitrogen and oxygen atoms in total. The Hall–Kier alpha value is -1.76. The van der Waals surface area contributed by atoms with Crippen LogP contribution in [-0.4, -0.2) is 32.6 Å². The Kier molecular flexibility index (Phi) is 5.82. The van der Waals surface area contributed by atoms with Crippen LogP contribution in [0.2, 0.25) is 0 Å². The van der Waals surface area contributed by atoms with Gasteiger partial charge in [-0.1, -0.05) is 13.8 Å². The van der Waals surface area contributed by atoms with Crippen LogP contribution in [-0.2, 0) is 4.74 Å². The standard InChI is InChI=1S/C13H21N3O3S/c1-7(2)5-6-16-12-8(13(18)19-4)9(14)10(20-12)11(17)15-3/h7,16H,5-6,14H2,1-4H3,(H,15,17). The monoisotopic (exact) mass is 299 g/mol. The molecule has 1 aromatic heterocycles. The minimum absolute atomic E-state index is 0.160. The lowest BCUT2D eigenvalue weighted by molar-refractivity contribution is 0.0603. The molecule has 0 aliphatic carbocycles. The smallest absolute Gasteiger partial charge is 0.343 e. The molecule has 1 heterocycles. The number of nitrogen functional groups attached to an aromatic ring is 1. The molecule has 4 N–H and O–H groups in total. The molecule has 112 valence electrons. The maximum absolute atomic E-state index is 11.8. The molecule has 0 aromatic carbocycles. The van der Waals surface area contributed by atoms with Crippen molar-refractivity contribution in [2.45, 2.75) is 20.3 Å². The normalized spacial score (nSPS) is 10.4. The molecular weight excluding hydrogens is 278 g/mol. The molecule has 0 spiro atoms. The highest BCUT2D eigenvalue weighted by Crippen LogP contribution is 2.36. The molecule has 0 unspecified atom stereocenters. The van der Waals surface area contributed by atoms with Crippen LogP contribution in [0.1, 0.15) is 40.3 Å². The van der Waals surface area contributed by atoms with E-state index in [-0.39, 0.29) is 17.2 Å². The van der Waals surface area contributed by atoms with E-state index < -0.39 is 5.97 Å². The van der Waals surface area contributed by atoms with Crippen molar-refractivity contribution < 1.29 is 14.3 Å². The van der Waals surface area contributed by atoms with Gasteiger partial charge >= 0.3 is 5.97 Å². The molecular formula is C13H21N3O3S. The minimum Gasteiger partial charge on any atom is -0.465 e. The number of amides is 1. The number of carbonyl (C=O) groups excluding carboxylic acids is 2. The highest BCUT2D eigenvalue weighted by Gasteiger charge is 2.25. The van der Waals surface area contributed by atoms with Gasteiger partial charge in [0, 0.05) is 13.6 Å². The fraction of sp³-hybridized carbons (Fsp3) is 0.538. The molecule has 0 aliphatic heterocycles. The minimum atomic E-state index is -0.541. The van der Waals surface area contributed by atoms with Crippen molar-refractivity contribution in [3.8, 4) is 0 Å². The van der Waals surface area contributed by atoms with Gasteiger partial charge in [-0.3, -0.25) is 4.79 Å². The SMILES string of the molecule is CNC(=O)c1sc(NCCC(C)C)c(C(=O)OC)c1N. The second-order valence-electron chi connectivity index (χ2n) is 4.73. The van der Waals surface area contributed by atoms with E-state index in [9.17, 15) is 9.59 Å². The van der Waals surface area contributed by atoms with Crippen LogP contribution in [0, 0.1) is 5.92 Å². The van der Waals surface area contributed by atoms with Crippen molar-refractivity contribution in [1.82, 2.24) is 5.32 Å². The Morgan fingerprint density at radius 1 is 1.40 bits per heavy atom. The zero-order valence-corrected chi connectivity index (χ0v) is 13.0. The Bertz CT molecular complexity index is 497. The lowest BCUT2D eigenvalue weighted by Crippen LogP contribution is -2.18. The number of thiophene rings is 1. The second-order valence-corrected chi connectivity index (χ2v) is 5.75. The first-order chi connectivity index (χ1) is 9.42. The van der Waals surface area contributed by atoms with Crippen LogP contribution in [0.25, 0.3) is 0 Å².